The Kier molecular flexibility index (Phi) is 3.46. The fourth-order valence-electron chi connectivity index (χ4n) is 2.18. The first kappa shape index (κ1) is 13.1. The number of aromatic amines is 1. The van der Waals surface area contributed by atoms with Crippen LogP contribution in [0, 0.1) is 0 Å². The summed E-state index contributed by atoms with van der Waals surface area (Å²) in [7, 11) is 0. The fourth-order valence-corrected chi connectivity index (χ4v) is 2.45. The van der Waals surface area contributed by atoms with Crippen molar-refractivity contribution in [2.24, 2.45) is 5.73 Å². The summed E-state index contributed by atoms with van der Waals surface area (Å²) in [4.78, 5) is 13.7. The van der Waals surface area contributed by atoms with E-state index in [-0.39, 0.29) is 6.04 Å². The molecule has 0 radical (unpaired) electrons. The van der Waals surface area contributed by atoms with E-state index in [0.29, 0.717) is 11.1 Å². The monoisotopic (exact) mass is 332 g/mol. The highest BCUT2D eigenvalue weighted by Crippen LogP contribution is 2.21. The summed E-state index contributed by atoms with van der Waals surface area (Å²) >= 11 is 3.41. The van der Waals surface area contributed by atoms with Gasteiger partial charge in [-0.1, -0.05) is 34.1 Å². The summed E-state index contributed by atoms with van der Waals surface area (Å²) in [6, 6.07) is 13.5. The van der Waals surface area contributed by atoms with E-state index in [1.54, 1.807) is 0 Å². The lowest BCUT2D eigenvalue weighted by Gasteiger charge is -2.12. The van der Waals surface area contributed by atoms with Crippen molar-refractivity contribution in [2.75, 3.05) is 0 Å². The molecule has 0 amide bonds. The lowest BCUT2D eigenvalue weighted by Crippen LogP contribution is -2.13. The summed E-state index contributed by atoms with van der Waals surface area (Å²) in [6.07, 6.45) is 0.730. The molecule has 3 rings (SSSR count). The van der Waals surface area contributed by atoms with Gasteiger partial charge in [0.2, 0.25) is 0 Å². The minimum atomic E-state index is -0.446. The number of fused-ring (bicyclic) bond motifs is 1. The first-order valence-electron chi connectivity index (χ1n) is 6.24. The van der Waals surface area contributed by atoms with Gasteiger partial charge in [-0.2, -0.15) is 0 Å². The third kappa shape index (κ3) is 2.69. The smallest absolute Gasteiger partial charge is 0.408 e. The maximum atomic E-state index is 11.1. The van der Waals surface area contributed by atoms with Gasteiger partial charge in [-0.3, -0.25) is 4.98 Å². The SMILES string of the molecule is NC(Cc1ccc(Br)cc1)c1ccc2[nH]c(=O)oc2c1. The van der Waals surface area contributed by atoms with Crippen molar-refractivity contribution in [3.05, 3.63) is 68.6 Å². The Bertz CT molecular complexity index is 789. The van der Waals surface area contributed by atoms with E-state index in [1.807, 2.05) is 42.5 Å². The van der Waals surface area contributed by atoms with Crippen molar-refractivity contribution < 1.29 is 4.42 Å². The highest BCUT2D eigenvalue weighted by molar-refractivity contribution is 9.10. The van der Waals surface area contributed by atoms with Gasteiger partial charge in [-0.05, 0) is 41.8 Å². The molecule has 1 atom stereocenters. The largest absolute Gasteiger partial charge is 0.417 e. The van der Waals surface area contributed by atoms with Gasteiger partial charge in [0.25, 0.3) is 0 Å². The number of halogens is 1. The Labute approximate surface area is 123 Å². The molecule has 102 valence electrons. The average Bonchev–Trinajstić information content (AvgIpc) is 2.80. The van der Waals surface area contributed by atoms with Gasteiger partial charge >= 0.3 is 5.76 Å². The second-order valence-electron chi connectivity index (χ2n) is 4.71. The molecule has 2 aromatic carbocycles. The van der Waals surface area contributed by atoms with Gasteiger partial charge in [0.05, 0.1) is 5.52 Å². The highest BCUT2D eigenvalue weighted by Gasteiger charge is 2.10. The first-order chi connectivity index (χ1) is 9.61. The van der Waals surface area contributed by atoms with E-state index in [0.717, 1.165) is 22.0 Å². The second-order valence-corrected chi connectivity index (χ2v) is 5.62. The number of hydrogen-bond acceptors (Lipinski definition) is 3. The topological polar surface area (TPSA) is 72.0 Å². The number of nitrogens with one attached hydrogen (secondary N) is 1. The quantitative estimate of drug-likeness (QED) is 0.773. The number of oxazole rings is 1. The van der Waals surface area contributed by atoms with Gasteiger partial charge in [-0.25, -0.2) is 4.79 Å². The molecule has 3 aromatic rings. The molecule has 1 unspecified atom stereocenters. The van der Waals surface area contributed by atoms with Crippen LogP contribution in [0.1, 0.15) is 17.2 Å². The highest BCUT2D eigenvalue weighted by atomic mass is 79.9. The van der Waals surface area contributed by atoms with Crippen molar-refractivity contribution in [3.8, 4) is 0 Å². The van der Waals surface area contributed by atoms with E-state index in [2.05, 4.69) is 20.9 Å². The van der Waals surface area contributed by atoms with Crippen LogP contribution in [0.2, 0.25) is 0 Å². The van der Waals surface area contributed by atoms with Crippen LogP contribution in [0.25, 0.3) is 11.1 Å². The number of aromatic nitrogens is 1. The summed E-state index contributed by atoms with van der Waals surface area (Å²) in [5.74, 6) is -0.446. The van der Waals surface area contributed by atoms with Gasteiger partial charge in [0, 0.05) is 10.5 Å². The Hall–Kier alpha value is -1.85. The van der Waals surface area contributed by atoms with E-state index in [4.69, 9.17) is 10.2 Å². The third-order valence-corrected chi connectivity index (χ3v) is 3.77. The van der Waals surface area contributed by atoms with Crippen molar-refractivity contribution in [2.45, 2.75) is 12.5 Å². The van der Waals surface area contributed by atoms with Crippen molar-refractivity contribution in [1.29, 1.82) is 0 Å². The standard InChI is InChI=1S/C15H13BrN2O2/c16-11-4-1-9(2-5-11)7-12(17)10-3-6-13-14(8-10)20-15(19)18-13/h1-6,8,12H,7,17H2,(H,18,19). The van der Waals surface area contributed by atoms with Crippen molar-refractivity contribution in [3.63, 3.8) is 0 Å². The molecule has 0 saturated carbocycles. The Morgan fingerprint density at radius 2 is 1.95 bits per heavy atom. The molecule has 0 saturated heterocycles. The lowest BCUT2D eigenvalue weighted by molar-refractivity contribution is 0.554. The van der Waals surface area contributed by atoms with Crippen LogP contribution in [0.5, 0.6) is 0 Å². The molecular weight excluding hydrogens is 320 g/mol. The molecule has 4 nitrogen and oxygen atoms in total. The van der Waals surface area contributed by atoms with E-state index in [9.17, 15) is 4.79 Å². The van der Waals surface area contributed by atoms with E-state index >= 15 is 0 Å². The van der Waals surface area contributed by atoms with Crippen molar-refractivity contribution in [1.82, 2.24) is 4.98 Å². The van der Waals surface area contributed by atoms with Gasteiger partial charge in [0.1, 0.15) is 0 Å². The summed E-state index contributed by atoms with van der Waals surface area (Å²) in [5, 5.41) is 0. The van der Waals surface area contributed by atoms with Gasteiger partial charge in [-0.15, -0.1) is 0 Å². The zero-order chi connectivity index (χ0) is 14.1. The number of benzene rings is 2. The molecule has 5 heteroatoms. The Balaban J connectivity index is 1.85. The molecule has 1 aromatic heterocycles. The van der Waals surface area contributed by atoms with Crippen LogP contribution in [0.3, 0.4) is 0 Å². The normalized spacial score (nSPS) is 12.7. The molecule has 0 fully saturated rings. The Morgan fingerprint density at radius 1 is 1.20 bits per heavy atom. The molecule has 0 aliphatic rings. The zero-order valence-corrected chi connectivity index (χ0v) is 12.2. The summed E-state index contributed by atoms with van der Waals surface area (Å²) in [6.45, 7) is 0. The van der Waals surface area contributed by atoms with Gasteiger partial charge in [0.15, 0.2) is 5.58 Å². The summed E-state index contributed by atoms with van der Waals surface area (Å²) < 4.78 is 6.10. The number of nitrogens with two attached hydrogens (primary N) is 1. The van der Waals surface area contributed by atoms with Crippen LogP contribution in [-0.2, 0) is 6.42 Å². The maximum absolute atomic E-state index is 11.1. The predicted octanol–water partition coefficient (Wildman–Crippen LogP) is 3.13. The minimum absolute atomic E-state index is 0.138. The van der Waals surface area contributed by atoms with E-state index in [1.165, 1.54) is 0 Å². The molecule has 0 bridgehead atoms. The van der Waals surface area contributed by atoms with E-state index < -0.39 is 5.76 Å². The lowest BCUT2D eigenvalue weighted by atomic mass is 9.99. The van der Waals surface area contributed by atoms with Crippen molar-refractivity contribution >= 4 is 27.0 Å². The number of H-pyrrole nitrogens is 1. The van der Waals surface area contributed by atoms with Crippen LogP contribution in [0.15, 0.2) is 56.1 Å². The average molecular weight is 333 g/mol. The molecule has 0 aliphatic heterocycles. The third-order valence-electron chi connectivity index (χ3n) is 3.24. The molecule has 1 heterocycles. The predicted molar refractivity (Wildman–Crippen MR) is 81.6 cm³/mol. The summed E-state index contributed by atoms with van der Waals surface area (Å²) in [5.41, 5.74) is 9.56. The second kappa shape index (κ2) is 5.26. The molecular formula is C15H13BrN2O2. The van der Waals surface area contributed by atoms with Crippen LogP contribution in [0.4, 0.5) is 0 Å². The number of rotatable bonds is 3. The molecule has 0 spiro atoms. The van der Waals surface area contributed by atoms with Gasteiger partial charge < -0.3 is 10.2 Å². The van der Waals surface area contributed by atoms with Crippen LogP contribution >= 0.6 is 15.9 Å². The van der Waals surface area contributed by atoms with Crippen LogP contribution in [-0.4, -0.2) is 4.98 Å². The molecule has 0 aliphatic carbocycles. The van der Waals surface area contributed by atoms with Crippen LogP contribution < -0.4 is 11.5 Å². The Morgan fingerprint density at radius 3 is 2.70 bits per heavy atom. The minimum Gasteiger partial charge on any atom is -0.408 e. The maximum Gasteiger partial charge on any atom is 0.417 e. The number of hydrogen-bond donors (Lipinski definition) is 2. The first-order valence-corrected chi connectivity index (χ1v) is 7.04. The molecule has 3 N–H and O–H groups in total. The fraction of sp³-hybridized carbons (Fsp3) is 0.133. The zero-order valence-electron chi connectivity index (χ0n) is 10.6. The molecule has 20 heavy (non-hydrogen) atoms.